The molecular formula is C18H23N5O2. The predicted molar refractivity (Wildman–Crippen MR) is 91.3 cm³/mol. The molecule has 2 aromatic heterocycles. The first-order chi connectivity index (χ1) is 12.2. The first-order valence-corrected chi connectivity index (χ1v) is 8.91. The van der Waals surface area contributed by atoms with Crippen LogP contribution in [0, 0.1) is 5.92 Å². The normalized spacial score (nSPS) is 17.0. The Balaban J connectivity index is 1.32. The lowest BCUT2D eigenvalue weighted by Gasteiger charge is -2.34. The van der Waals surface area contributed by atoms with Gasteiger partial charge in [-0.25, -0.2) is 0 Å². The fourth-order valence-electron chi connectivity index (χ4n) is 3.40. The van der Waals surface area contributed by atoms with Gasteiger partial charge < -0.3 is 14.8 Å². The van der Waals surface area contributed by atoms with E-state index < -0.39 is 0 Å². The van der Waals surface area contributed by atoms with Crippen molar-refractivity contribution in [1.29, 1.82) is 0 Å². The summed E-state index contributed by atoms with van der Waals surface area (Å²) in [4.78, 5) is 26.3. The van der Waals surface area contributed by atoms with Crippen molar-refractivity contribution in [2.24, 2.45) is 5.92 Å². The Hall–Kier alpha value is -2.57. The summed E-state index contributed by atoms with van der Waals surface area (Å²) in [6.45, 7) is 2.80. The van der Waals surface area contributed by atoms with Crippen molar-refractivity contribution >= 4 is 11.8 Å². The van der Waals surface area contributed by atoms with Gasteiger partial charge >= 0.3 is 0 Å². The molecule has 0 saturated heterocycles. The summed E-state index contributed by atoms with van der Waals surface area (Å²) in [6.07, 6.45) is 6.97. The molecular weight excluding hydrogens is 318 g/mol. The average Bonchev–Trinajstić information content (AvgIpc) is 3.19. The second kappa shape index (κ2) is 6.74. The largest absolute Gasteiger partial charge is 0.349 e. The number of hydrogen-bond acceptors (Lipinski definition) is 3. The Bertz CT molecular complexity index is 761. The monoisotopic (exact) mass is 341 g/mol. The third-order valence-electron chi connectivity index (χ3n) is 5.07. The van der Waals surface area contributed by atoms with Crippen LogP contribution in [0.2, 0.25) is 0 Å². The molecule has 1 fully saturated rings. The standard InChI is InChI=1S/C18H23N5O2/c24-17(13-21-6-1-2-7-21)19-11-15-10-16-12-22(8-9-23(16)20-15)18(25)14-4-3-5-14/h1-2,6-7,10,14H,3-5,8-9,11-13H2,(H,19,24). The van der Waals surface area contributed by atoms with Gasteiger partial charge in [0.1, 0.15) is 6.54 Å². The lowest BCUT2D eigenvalue weighted by Crippen LogP contribution is -2.43. The van der Waals surface area contributed by atoms with E-state index in [1.54, 1.807) is 0 Å². The summed E-state index contributed by atoms with van der Waals surface area (Å²) in [7, 11) is 0. The first-order valence-electron chi connectivity index (χ1n) is 8.91. The van der Waals surface area contributed by atoms with E-state index >= 15 is 0 Å². The molecule has 0 radical (unpaired) electrons. The van der Waals surface area contributed by atoms with E-state index in [4.69, 9.17) is 0 Å². The van der Waals surface area contributed by atoms with Crippen LogP contribution < -0.4 is 5.32 Å². The number of carbonyl (C=O) groups excluding carboxylic acids is 2. The molecule has 3 heterocycles. The van der Waals surface area contributed by atoms with Gasteiger partial charge in [-0.3, -0.25) is 14.3 Å². The summed E-state index contributed by atoms with van der Waals surface area (Å²) in [5.74, 6) is 0.492. The minimum atomic E-state index is -0.0380. The van der Waals surface area contributed by atoms with Crippen LogP contribution in [0.3, 0.4) is 0 Å². The highest BCUT2D eigenvalue weighted by atomic mass is 16.2. The van der Waals surface area contributed by atoms with E-state index in [2.05, 4.69) is 10.4 Å². The van der Waals surface area contributed by atoms with Crippen LogP contribution in [-0.2, 0) is 35.8 Å². The molecule has 1 aliphatic heterocycles. The second-order valence-electron chi connectivity index (χ2n) is 6.87. The predicted octanol–water partition coefficient (Wildman–Crippen LogP) is 1.14. The molecule has 1 N–H and O–H groups in total. The van der Waals surface area contributed by atoms with Crippen LogP contribution >= 0.6 is 0 Å². The number of nitrogens with zero attached hydrogens (tertiary/aromatic N) is 4. The zero-order valence-electron chi connectivity index (χ0n) is 14.2. The van der Waals surface area contributed by atoms with E-state index in [-0.39, 0.29) is 11.8 Å². The van der Waals surface area contributed by atoms with Crippen molar-refractivity contribution in [2.45, 2.75) is 45.4 Å². The van der Waals surface area contributed by atoms with Gasteiger partial charge in [0.05, 0.1) is 31.0 Å². The molecule has 0 unspecified atom stereocenters. The fourth-order valence-corrected chi connectivity index (χ4v) is 3.40. The van der Waals surface area contributed by atoms with Crippen LogP contribution in [0.1, 0.15) is 30.7 Å². The molecule has 0 bridgehead atoms. The number of aromatic nitrogens is 3. The molecule has 2 aromatic rings. The van der Waals surface area contributed by atoms with Crippen molar-refractivity contribution in [2.75, 3.05) is 6.54 Å². The van der Waals surface area contributed by atoms with Gasteiger partial charge in [-0.15, -0.1) is 0 Å². The average molecular weight is 341 g/mol. The summed E-state index contributed by atoms with van der Waals surface area (Å²) in [5.41, 5.74) is 1.89. The maximum absolute atomic E-state index is 12.4. The molecule has 4 rings (SSSR count). The number of rotatable bonds is 5. The summed E-state index contributed by atoms with van der Waals surface area (Å²) in [5, 5.41) is 7.45. The molecule has 2 aliphatic rings. The van der Waals surface area contributed by atoms with Crippen LogP contribution in [0.5, 0.6) is 0 Å². The summed E-state index contributed by atoms with van der Waals surface area (Å²) < 4.78 is 3.79. The topological polar surface area (TPSA) is 72.2 Å². The third kappa shape index (κ3) is 3.45. The van der Waals surface area contributed by atoms with Gasteiger partial charge in [0, 0.05) is 24.9 Å². The van der Waals surface area contributed by atoms with Crippen molar-refractivity contribution in [3.63, 3.8) is 0 Å². The number of amides is 2. The van der Waals surface area contributed by atoms with Gasteiger partial charge in [-0.1, -0.05) is 6.42 Å². The van der Waals surface area contributed by atoms with E-state index in [0.29, 0.717) is 25.5 Å². The maximum atomic E-state index is 12.4. The molecule has 0 atom stereocenters. The summed E-state index contributed by atoms with van der Waals surface area (Å²) >= 11 is 0. The van der Waals surface area contributed by atoms with Crippen molar-refractivity contribution in [3.05, 3.63) is 42.0 Å². The van der Waals surface area contributed by atoms with E-state index in [1.807, 2.05) is 44.7 Å². The highest BCUT2D eigenvalue weighted by molar-refractivity contribution is 5.79. The summed E-state index contributed by atoms with van der Waals surface area (Å²) in [6, 6.07) is 5.79. The Morgan fingerprint density at radius 3 is 2.72 bits per heavy atom. The quantitative estimate of drug-likeness (QED) is 0.886. The second-order valence-corrected chi connectivity index (χ2v) is 6.87. The first kappa shape index (κ1) is 15.9. The van der Waals surface area contributed by atoms with E-state index in [9.17, 15) is 9.59 Å². The minimum Gasteiger partial charge on any atom is -0.349 e. The molecule has 2 amide bonds. The Kier molecular flexibility index (Phi) is 4.29. The lowest BCUT2D eigenvalue weighted by atomic mass is 9.84. The molecule has 7 heteroatoms. The Labute approximate surface area is 146 Å². The SMILES string of the molecule is O=C(Cn1cccc1)NCc1cc2n(n1)CCN(C(=O)C1CCC1)C2. The molecule has 1 aliphatic carbocycles. The smallest absolute Gasteiger partial charge is 0.240 e. The van der Waals surface area contributed by atoms with Gasteiger partial charge in [0.25, 0.3) is 0 Å². The molecule has 7 nitrogen and oxygen atoms in total. The van der Waals surface area contributed by atoms with E-state index in [1.165, 1.54) is 6.42 Å². The number of fused-ring (bicyclic) bond motifs is 1. The van der Waals surface area contributed by atoms with Crippen LogP contribution in [0.15, 0.2) is 30.6 Å². The highest BCUT2D eigenvalue weighted by Gasteiger charge is 2.31. The number of carbonyl (C=O) groups is 2. The highest BCUT2D eigenvalue weighted by Crippen LogP contribution is 2.29. The zero-order valence-corrected chi connectivity index (χ0v) is 14.2. The van der Waals surface area contributed by atoms with E-state index in [0.717, 1.165) is 37.3 Å². The lowest BCUT2D eigenvalue weighted by molar-refractivity contribution is -0.139. The molecule has 0 aromatic carbocycles. The van der Waals surface area contributed by atoms with Gasteiger partial charge in [-0.05, 0) is 31.0 Å². The number of nitrogens with one attached hydrogen (secondary N) is 1. The molecule has 25 heavy (non-hydrogen) atoms. The Morgan fingerprint density at radius 1 is 1.20 bits per heavy atom. The zero-order chi connectivity index (χ0) is 17.2. The Morgan fingerprint density at radius 2 is 2.00 bits per heavy atom. The van der Waals surface area contributed by atoms with Crippen molar-refractivity contribution in [1.82, 2.24) is 24.6 Å². The molecule has 0 spiro atoms. The van der Waals surface area contributed by atoms with Crippen molar-refractivity contribution < 1.29 is 9.59 Å². The van der Waals surface area contributed by atoms with Crippen LogP contribution in [0.4, 0.5) is 0 Å². The third-order valence-corrected chi connectivity index (χ3v) is 5.07. The number of hydrogen-bond donors (Lipinski definition) is 1. The van der Waals surface area contributed by atoms with Crippen LogP contribution in [-0.4, -0.2) is 37.6 Å². The molecule has 1 saturated carbocycles. The van der Waals surface area contributed by atoms with Gasteiger partial charge in [-0.2, -0.15) is 5.10 Å². The van der Waals surface area contributed by atoms with Crippen LogP contribution in [0.25, 0.3) is 0 Å². The van der Waals surface area contributed by atoms with Gasteiger partial charge in [0.15, 0.2) is 0 Å². The maximum Gasteiger partial charge on any atom is 0.240 e. The molecule has 132 valence electrons. The minimum absolute atomic E-state index is 0.0380. The van der Waals surface area contributed by atoms with Gasteiger partial charge in [0.2, 0.25) is 11.8 Å². The van der Waals surface area contributed by atoms with Crippen molar-refractivity contribution in [3.8, 4) is 0 Å². The fraction of sp³-hybridized carbons (Fsp3) is 0.500.